The van der Waals surface area contributed by atoms with Gasteiger partial charge in [-0.05, 0) is 124 Å². The molecular weight excluding hydrogens is 723 g/mol. The topological polar surface area (TPSA) is 18.5 Å². The average Bonchev–Trinajstić information content (AvgIpc) is 3.19. The minimum atomic E-state index is -4.80. The highest BCUT2D eigenvalue weighted by Gasteiger charge is 2.32. The van der Waals surface area contributed by atoms with Crippen molar-refractivity contribution >= 4 is 43.1 Å². The van der Waals surface area contributed by atoms with Crippen molar-refractivity contribution in [3.05, 3.63) is 170 Å². The Bertz CT molecular complexity index is 2720. The van der Waals surface area contributed by atoms with E-state index in [4.69, 9.17) is 0 Å². The number of hydrogen-bond acceptors (Lipinski definition) is 2. The van der Waals surface area contributed by atoms with Crippen LogP contribution >= 0.6 is 0 Å². The monoisotopic (exact) mass is 750 g/mol. The zero-order valence-corrected chi connectivity index (χ0v) is 29.3. The normalized spacial score (nSPS) is 12.1. The van der Waals surface area contributed by atoms with Crippen molar-refractivity contribution in [1.29, 1.82) is 0 Å². The van der Waals surface area contributed by atoms with Crippen LogP contribution in [0.1, 0.15) is 0 Å². The molecule has 0 N–H and O–H groups in total. The minimum absolute atomic E-state index is 0.305. The summed E-state index contributed by atoms with van der Waals surface area (Å²) in [5.41, 5.74) is 6.96. The summed E-state index contributed by atoms with van der Waals surface area (Å²) in [6.07, 6.45) is -9.61. The maximum absolute atomic E-state index is 13.0. The zero-order valence-electron chi connectivity index (χ0n) is 29.3. The Balaban J connectivity index is 1.36. The third-order valence-corrected chi connectivity index (χ3v) is 10.1. The summed E-state index contributed by atoms with van der Waals surface area (Å²) in [7, 11) is 0. The highest BCUT2D eigenvalue weighted by Crippen LogP contribution is 2.48. The highest BCUT2D eigenvalue weighted by atomic mass is 19.4. The van der Waals surface area contributed by atoms with Crippen LogP contribution in [0.5, 0.6) is 11.5 Å². The van der Waals surface area contributed by atoms with E-state index >= 15 is 0 Å². The summed E-state index contributed by atoms with van der Waals surface area (Å²) in [6, 6.07) is 52.6. The van der Waals surface area contributed by atoms with Crippen LogP contribution in [0.2, 0.25) is 0 Å². The molecule has 0 aliphatic carbocycles. The third kappa shape index (κ3) is 6.64. The van der Waals surface area contributed by atoms with Gasteiger partial charge in [-0.25, -0.2) is 0 Å². The van der Waals surface area contributed by atoms with Gasteiger partial charge in [0.25, 0.3) is 0 Å². The Morgan fingerprint density at radius 1 is 0.304 bits per heavy atom. The van der Waals surface area contributed by atoms with Gasteiger partial charge in [0.15, 0.2) is 0 Å². The number of rotatable bonds is 6. The molecule has 0 aromatic heterocycles. The maximum atomic E-state index is 13.0. The molecule has 8 heteroatoms. The Kier molecular flexibility index (Phi) is 8.42. The first kappa shape index (κ1) is 34.9. The zero-order chi connectivity index (χ0) is 38.6. The summed E-state index contributed by atoms with van der Waals surface area (Å²) in [6.45, 7) is 0. The van der Waals surface area contributed by atoms with Gasteiger partial charge in [-0.15, -0.1) is 26.3 Å². The van der Waals surface area contributed by atoms with Gasteiger partial charge in [0.1, 0.15) is 11.5 Å². The smallest absolute Gasteiger partial charge is 0.406 e. The lowest BCUT2D eigenvalue weighted by molar-refractivity contribution is -0.275. The van der Waals surface area contributed by atoms with Crippen molar-refractivity contribution < 1.29 is 35.8 Å². The van der Waals surface area contributed by atoms with Gasteiger partial charge in [-0.3, -0.25) is 0 Å². The van der Waals surface area contributed by atoms with Gasteiger partial charge in [0, 0.05) is 0 Å². The first-order chi connectivity index (χ1) is 27.0. The second kappa shape index (κ2) is 13.5. The van der Waals surface area contributed by atoms with Gasteiger partial charge in [0.05, 0.1) is 0 Å². The quantitative estimate of drug-likeness (QED) is 0.124. The number of fused-ring (bicyclic) bond motifs is 4. The van der Waals surface area contributed by atoms with Crippen LogP contribution in [0.4, 0.5) is 26.3 Å². The molecule has 0 radical (unpaired) electrons. The molecule has 274 valence electrons. The molecular formula is C48H28F6O2. The summed E-state index contributed by atoms with van der Waals surface area (Å²) in [4.78, 5) is 0. The van der Waals surface area contributed by atoms with E-state index in [1.54, 1.807) is 24.3 Å². The maximum Gasteiger partial charge on any atom is 0.573 e. The second-order valence-electron chi connectivity index (χ2n) is 13.5. The van der Waals surface area contributed by atoms with Crippen LogP contribution in [-0.2, 0) is 0 Å². The Morgan fingerprint density at radius 3 is 1.05 bits per heavy atom. The predicted octanol–water partition coefficient (Wildman–Crippen LogP) is 14.8. The summed E-state index contributed by atoms with van der Waals surface area (Å²) in [5, 5.41) is 7.96. The molecule has 56 heavy (non-hydrogen) atoms. The van der Waals surface area contributed by atoms with E-state index in [2.05, 4.69) is 82.3 Å². The summed E-state index contributed by atoms with van der Waals surface area (Å²) in [5.74, 6) is -0.609. The Hall–Kier alpha value is -6.80. The van der Waals surface area contributed by atoms with Crippen molar-refractivity contribution in [3.8, 4) is 56.0 Å². The van der Waals surface area contributed by atoms with Crippen LogP contribution in [0, 0.1) is 0 Å². The number of alkyl halides is 6. The van der Waals surface area contributed by atoms with Crippen LogP contribution in [0.15, 0.2) is 170 Å². The van der Waals surface area contributed by atoms with E-state index in [0.29, 0.717) is 11.1 Å². The van der Waals surface area contributed by atoms with E-state index in [1.807, 2.05) is 48.5 Å². The molecule has 0 unspecified atom stereocenters. The number of halogens is 6. The summed E-state index contributed by atoms with van der Waals surface area (Å²) >= 11 is 0. The van der Waals surface area contributed by atoms with Gasteiger partial charge < -0.3 is 9.47 Å². The molecule has 0 bridgehead atoms. The summed E-state index contributed by atoms with van der Waals surface area (Å²) < 4.78 is 86.2. The largest absolute Gasteiger partial charge is 0.573 e. The van der Waals surface area contributed by atoms with Crippen LogP contribution < -0.4 is 9.47 Å². The fraction of sp³-hybridized carbons (Fsp3) is 0.0417. The lowest BCUT2D eigenvalue weighted by Crippen LogP contribution is -2.16. The molecule has 0 spiro atoms. The van der Waals surface area contributed by atoms with Crippen LogP contribution in [0.25, 0.3) is 87.6 Å². The fourth-order valence-electron chi connectivity index (χ4n) is 7.75. The first-order valence-electron chi connectivity index (χ1n) is 17.7. The first-order valence-corrected chi connectivity index (χ1v) is 17.7. The molecule has 0 amide bonds. The van der Waals surface area contributed by atoms with E-state index in [-0.39, 0.29) is 11.5 Å². The lowest BCUT2D eigenvalue weighted by Gasteiger charge is -2.21. The molecule has 0 fully saturated rings. The molecule has 9 aromatic rings. The Morgan fingerprint density at radius 2 is 0.661 bits per heavy atom. The number of hydrogen-bond donors (Lipinski definition) is 0. The van der Waals surface area contributed by atoms with Crippen molar-refractivity contribution in [1.82, 2.24) is 0 Å². The molecule has 0 heterocycles. The highest BCUT2D eigenvalue weighted by molar-refractivity contribution is 6.26. The molecule has 0 saturated heterocycles. The molecule has 0 aliphatic heterocycles. The van der Waals surface area contributed by atoms with Crippen LogP contribution in [0.3, 0.4) is 0 Å². The third-order valence-electron chi connectivity index (χ3n) is 10.1. The van der Waals surface area contributed by atoms with Crippen LogP contribution in [-0.4, -0.2) is 12.7 Å². The van der Waals surface area contributed by atoms with Crippen molar-refractivity contribution in [2.75, 3.05) is 0 Å². The van der Waals surface area contributed by atoms with E-state index in [0.717, 1.165) is 76.5 Å². The molecule has 9 aromatic carbocycles. The molecule has 0 atom stereocenters. The Labute approximate surface area is 316 Å². The average molecular weight is 751 g/mol. The molecule has 2 nitrogen and oxygen atoms in total. The van der Waals surface area contributed by atoms with Gasteiger partial charge >= 0.3 is 12.7 Å². The molecule has 0 aliphatic rings. The number of benzene rings is 9. The SMILES string of the molecule is FC(F)(F)Oc1ccc(-c2ccc3c(-c4cccc5ccccc45)c4cc(-c5ccc(OC(F)(F)F)cc5)ccc4c(-c4cccc5ccccc45)c3c2)cc1. The van der Waals surface area contributed by atoms with Crippen molar-refractivity contribution in [3.63, 3.8) is 0 Å². The standard InChI is InChI=1S/C48H28F6O2/c49-47(50,51)55-35-21-15-29(16-22-35)33-20-26-42-43(27-33)45(39-13-5-9-31-7-1-3-11-37(31)39)41-25-19-34(30-17-23-36(24-18-30)56-48(52,53)54)28-44(41)46(42)40-14-6-10-32-8-2-4-12-38(32)40/h1-28H. The van der Waals surface area contributed by atoms with Gasteiger partial charge in [-0.2, -0.15) is 0 Å². The van der Waals surface area contributed by atoms with E-state index < -0.39 is 12.7 Å². The number of ether oxygens (including phenoxy) is 2. The molecule has 9 rings (SSSR count). The predicted molar refractivity (Wildman–Crippen MR) is 212 cm³/mol. The second-order valence-corrected chi connectivity index (χ2v) is 13.5. The lowest BCUT2D eigenvalue weighted by atomic mass is 9.82. The fourth-order valence-corrected chi connectivity index (χ4v) is 7.75. The molecule has 0 saturated carbocycles. The van der Waals surface area contributed by atoms with Crippen molar-refractivity contribution in [2.24, 2.45) is 0 Å². The van der Waals surface area contributed by atoms with E-state index in [1.165, 1.54) is 24.3 Å². The van der Waals surface area contributed by atoms with Gasteiger partial charge in [0.2, 0.25) is 0 Å². The van der Waals surface area contributed by atoms with E-state index in [9.17, 15) is 26.3 Å². The minimum Gasteiger partial charge on any atom is -0.406 e. The van der Waals surface area contributed by atoms with Gasteiger partial charge in [-0.1, -0.05) is 133 Å². The van der Waals surface area contributed by atoms with Crippen molar-refractivity contribution in [2.45, 2.75) is 12.7 Å².